The molecule has 1 N–H and O–H groups in total. The Labute approximate surface area is 97.3 Å². The van der Waals surface area contributed by atoms with E-state index in [1.54, 1.807) is 18.2 Å². The van der Waals surface area contributed by atoms with E-state index in [-0.39, 0.29) is 6.04 Å². The molecule has 1 fully saturated rings. The lowest BCUT2D eigenvalue weighted by atomic mass is 10.0. The molecule has 80 valence electrons. The van der Waals surface area contributed by atoms with Gasteiger partial charge in [-0.2, -0.15) is 0 Å². The minimum atomic E-state index is -0.415. The van der Waals surface area contributed by atoms with Crippen LogP contribution in [0.3, 0.4) is 0 Å². The molecule has 1 saturated heterocycles. The van der Waals surface area contributed by atoms with Crippen LogP contribution in [-0.2, 0) is 4.74 Å². The summed E-state index contributed by atoms with van der Waals surface area (Å²) in [7, 11) is 0. The van der Waals surface area contributed by atoms with Crippen LogP contribution in [0.1, 0.15) is 18.0 Å². The van der Waals surface area contributed by atoms with E-state index in [2.05, 4.69) is 5.32 Å². The van der Waals surface area contributed by atoms with E-state index < -0.39 is 6.09 Å². The van der Waals surface area contributed by atoms with Gasteiger partial charge in [0.05, 0.1) is 12.6 Å². The van der Waals surface area contributed by atoms with Crippen molar-refractivity contribution >= 4 is 29.3 Å². The number of carbonyl (C=O) groups is 1. The Hall–Kier alpha value is -0.930. The Bertz CT molecular complexity index is 395. The first kappa shape index (κ1) is 10.6. The van der Waals surface area contributed by atoms with Crippen LogP contribution in [0.15, 0.2) is 18.2 Å². The number of halogens is 2. The SMILES string of the molecule is O=C1N[C@@H](c2cc(Cl)ccc2Cl)CCO1. The predicted molar refractivity (Wildman–Crippen MR) is 58.3 cm³/mol. The second-order valence-corrected chi connectivity index (χ2v) is 4.13. The zero-order valence-electron chi connectivity index (χ0n) is 7.80. The molecular weight excluding hydrogens is 237 g/mol. The highest BCUT2D eigenvalue weighted by Crippen LogP contribution is 2.29. The molecule has 1 aliphatic heterocycles. The van der Waals surface area contributed by atoms with Crippen molar-refractivity contribution in [2.45, 2.75) is 12.5 Å². The topological polar surface area (TPSA) is 38.3 Å². The van der Waals surface area contributed by atoms with Crippen LogP contribution in [0, 0.1) is 0 Å². The van der Waals surface area contributed by atoms with Gasteiger partial charge in [-0.25, -0.2) is 4.79 Å². The summed E-state index contributed by atoms with van der Waals surface area (Å²) in [6, 6.07) is 5.09. The Balaban J connectivity index is 2.27. The molecule has 1 aromatic carbocycles. The third kappa shape index (κ3) is 2.36. The minimum absolute atomic E-state index is 0.113. The maximum Gasteiger partial charge on any atom is 0.407 e. The van der Waals surface area contributed by atoms with Gasteiger partial charge in [0.2, 0.25) is 0 Å². The second-order valence-electron chi connectivity index (χ2n) is 3.29. The van der Waals surface area contributed by atoms with Gasteiger partial charge in [0, 0.05) is 16.5 Å². The fourth-order valence-corrected chi connectivity index (χ4v) is 1.97. The smallest absolute Gasteiger partial charge is 0.407 e. The summed E-state index contributed by atoms with van der Waals surface area (Å²) in [5, 5.41) is 3.91. The van der Waals surface area contributed by atoms with Crippen LogP contribution < -0.4 is 5.32 Å². The molecule has 0 aliphatic carbocycles. The molecule has 1 aliphatic rings. The molecule has 2 rings (SSSR count). The van der Waals surface area contributed by atoms with Crippen molar-refractivity contribution in [1.29, 1.82) is 0 Å². The Kier molecular flexibility index (Phi) is 3.03. The number of amides is 1. The first-order valence-electron chi connectivity index (χ1n) is 4.55. The van der Waals surface area contributed by atoms with Crippen molar-refractivity contribution in [3.8, 4) is 0 Å². The molecule has 0 unspecified atom stereocenters. The summed E-state index contributed by atoms with van der Waals surface area (Å²) in [6.45, 7) is 0.402. The lowest BCUT2D eigenvalue weighted by Gasteiger charge is -2.24. The van der Waals surface area contributed by atoms with Crippen molar-refractivity contribution in [3.05, 3.63) is 33.8 Å². The van der Waals surface area contributed by atoms with Gasteiger partial charge in [-0.1, -0.05) is 23.2 Å². The van der Waals surface area contributed by atoms with Gasteiger partial charge >= 0.3 is 6.09 Å². The summed E-state index contributed by atoms with van der Waals surface area (Å²) in [6.07, 6.45) is 0.286. The highest BCUT2D eigenvalue weighted by Gasteiger charge is 2.22. The summed E-state index contributed by atoms with van der Waals surface area (Å²) in [5.41, 5.74) is 0.834. The Morgan fingerprint density at radius 1 is 1.40 bits per heavy atom. The summed E-state index contributed by atoms with van der Waals surface area (Å²) < 4.78 is 4.77. The Morgan fingerprint density at radius 2 is 2.20 bits per heavy atom. The monoisotopic (exact) mass is 245 g/mol. The molecule has 0 spiro atoms. The van der Waals surface area contributed by atoms with E-state index in [9.17, 15) is 4.79 Å². The maximum atomic E-state index is 11.0. The van der Waals surface area contributed by atoms with Crippen LogP contribution in [0.2, 0.25) is 10.0 Å². The van der Waals surface area contributed by atoms with E-state index in [1.165, 1.54) is 0 Å². The van der Waals surface area contributed by atoms with Gasteiger partial charge in [0.25, 0.3) is 0 Å². The number of carbonyl (C=O) groups excluding carboxylic acids is 1. The molecule has 1 heterocycles. The van der Waals surface area contributed by atoms with Gasteiger partial charge in [-0.3, -0.25) is 0 Å². The van der Waals surface area contributed by atoms with E-state index in [4.69, 9.17) is 27.9 Å². The molecule has 3 nitrogen and oxygen atoms in total. The van der Waals surface area contributed by atoms with Crippen molar-refractivity contribution in [1.82, 2.24) is 5.32 Å². The highest BCUT2D eigenvalue weighted by molar-refractivity contribution is 6.33. The third-order valence-electron chi connectivity index (χ3n) is 2.27. The molecule has 0 radical (unpaired) electrons. The molecule has 1 atom stereocenters. The third-order valence-corrected chi connectivity index (χ3v) is 2.84. The summed E-state index contributed by atoms with van der Waals surface area (Å²) in [4.78, 5) is 11.0. The molecule has 1 amide bonds. The minimum Gasteiger partial charge on any atom is -0.449 e. The van der Waals surface area contributed by atoms with E-state index >= 15 is 0 Å². The second kappa shape index (κ2) is 4.29. The summed E-state index contributed by atoms with van der Waals surface area (Å²) >= 11 is 11.9. The molecule has 5 heteroatoms. The predicted octanol–water partition coefficient (Wildman–Crippen LogP) is 3.16. The number of rotatable bonds is 1. The van der Waals surface area contributed by atoms with Crippen LogP contribution in [-0.4, -0.2) is 12.7 Å². The number of nitrogens with one attached hydrogen (secondary N) is 1. The largest absolute Gasteiger partial charge is 0.449 e. The molecule has 0 saturated carbocycles. The summed E-state index contributed by atoms with van der Waals surface area (Å²) in [5.74, 6) is 0. The number of benzene rings is 1. The molecule has 1 aromatic rings. The van der Waals surface area contributed by atoms with Crippen molar-refractivity contribution < 1.29 is 9.53 Å². The van der Waals surface area contributed by atoms with Gasteiger partial charge in [-0.05, 0) is 23.8 Å². The number of hydrogen-bond donors (Lipinski definition) is 1. The first-order valence-corrected chi connectivity index (χ1v) is 5.30. The van der Waals surface area contributed by atoms with Gasteiger partial charge in [0.15, 0.2) is 0 Å². The lowest BCUT2D eigenvalue weighted by molar-refractivity contribution is 0.115. The first-order chi connectivity index (χ1) is 7.16. The fraction of sp³-hybridized carbons (Fsp3) is 0.300. The van der Waals surface area contributed by atoms with E-state index in [0.717, 1.165) is 5.56 Å². The highest BCUT2D eigenvalue weighted by atomic mass is 35.5. The number of cyclic esters (lactones) is 1. The van der Waals surface area contributed by atoms with Gasteiger partial charge < -0.3 is 10.1 Å². The number of alkyl carbamates (subject to hydrolysis) is 1. The molecule has 0 aromatic heterocycles. The van der Waals surface area contributed by atoms with Crippen LogP contribution in [0.5, 0.6) is 0 Å². The number of ether oxygens (including phenoxy) is 1. The average Bonchev–Trinajstić information content (AvgIpc) is 2.22. The van der Waals surface area contributed by atoms with Crippen LogP contribution in [0.25, 0.3) is 0 Å². The number of hydrogen-bond acceptors (Lipinski definition) is 2. The molecular formula is C10H9Cl2NO2. The van der Waals surface area contributed by atoms with Crippen LogP contribution in [0.4, 0.5) is 4.79 Å². The van der Waals surface area contributed by atoms with E-state index in [0.29, 0.717) is 23.1 Å². The fourth-order valence-electron chi connectivity index (χ4n) is 1.54. The molecule has 0 bridgehead atoms. The van der Waals surface area contributed by atoms with Gasteiger partial charge in [0.1, 0.15) is 0 Å². The molecule has 15 heavy (non-hydrogen) atoms. The van der Waals surface area contributed by atoms with Gasteiger partial charge in [-0.15, -0.1) is 0 Å². The normalized spacial score (nSPS) is 20.7. The standard InChI is InChI=1S/C10H9Cl2NO2/c11-6-1-2-8(12)7(5-6)9-3-4-15-10(14)13-9/h1-2,5,9H,3-4H2,(H,13,14)/t9-/m1/s1. The zero-order chi connectivity index (χ0) is 10.8. The quantitative estimate of drug-likeness (QED) is 0.826. The lowest BCUT2D eigenvalue weighted by Crippen LogP contribution is -2.35. The zero-order valence-corrected chi connectivity index (χ0v) is 9.31. The maximum absolute atomic E-state index is 11.0. The Morgan fingerprint density at radius 3 is 2.93 bits per heavy atom. The van der Waals surface area contributed by atoms with E-state index in [1.807, 2.05) is 0 Å². The van der Waals surface area contributed by atoms with Crippen molar-refractivity contribution in [2.75, 3.05) is 6.61 Å². The van der Waals surface area contributed by atoms with Crippen molar-refractivity contribution in [2.24, 2.45) is 0 Å². The van der Waals surface area contributed by atoms with Crippen LogP contribution >= 0.6 is 23.2 Å². The average molecular weight is 246 g/mol. The van der Waals surface area contributed by atoms with Crippen molar-refractivity contribution in [3.63, 3.8) is 0 Å².